The summed E-state index contributed by atoms with van der Waals surface area (Å²) < 4.78 is 1.05. The van der Waals surface area contributed by atoms with Crippen LogP contribution in [0.25, 0.3) is 0 Å². The summed E-state index contributed by atoms with van der Waals surface area (Å²) in [4.78, 5) is 13.5. The van der Waals surface area contributed by atoms with Crippen LogP contribution in [0, 0.1) is 5.92 Å². The molecular formula is C13H18BrN3O. The summed E-state index contributed by atoms with van der Waals surface area (Å²) >= 11 is 3.47. The number of amides is 1. The third-order valence-electron chi connectivity index (χ3n) is 3.52. The van der Waals surface area contributed by atoms with Crippen LogP contribution in [0.15, 0.2) is 28.7 Å². The zero-order valence-corrected chi connectivity index (χ0v) is 11.8. The SMILES string of the molecule is NCC(c1cccc(Br)c1)N1CCC(C(N)=O)C1. The molecule has 0 bridgehead atoms. The van der Waals surface area contributed by atoms with Gasteiger partial charge in [-0.15, -0.1) is 0 Å². The Morgan fingerprint density at radius 3 is 2.89 bits per heavy atom. The molecule has 1 amide bonds. The van der Waals surface area contributed by atoms with E-state index in [0.29, 0.717) is 13.1 Å². The number of carbonyl (C=O) groups is 1. The number of nitrogens with two attached hydrogens (primary N) is 2. The monoisotopic (exact) mass is 311 g/mol. The van der Waals surface area contributed by atoms with Gasteiger partial charge in [0, 0.05) is 23.6 Å². The second-order valence-electron chi connectivity index (χ2n) is 4.69. The molecule has 1 aliphatic rings. The molecule has 0 aliphatic carbocycles. The van der Waals surface area contributed by atoms with E-state index in [1.807, 2.05) is 12.1 Å². The summed E-state index contributed by atoms with van der Waals surface area (Å²) in [5.41, 5.74) is 12.4. The zero-order valence-electron chi connectivity index (χ0n) is 10.2. The molecule has 2 rings (SSSR count). The minimum Gasteiger partial charge on any atom is -0.369 e. The van der Waals surface area contributed by atoms with Crippen molar-refractivity contribution in [1.82, 2.24) is 4.90 Å². The maximum atomic E-state index is 11.2. The number of hydrogen-bond donors (Lipinski definition) is 2. The number of likely N-dealkylation sites (tertiary alicyclic amines) is 1. The topological polar surface area (TPSA) is 72.3 Å². The summed E-state index contributed by atoms with van der Waals surface area (Å²) in [7, 11) is 0. The second kappa shape index (κ2) is 5.82. The van der Waals surface area contributed by atoms with Gasteiger partial charge in [0.15, 0.2) is 0 Å². The minimum absolute atomic E-state index is 0.0359. The molecule has 4 nitrogen and oxygen atoms in total. The normalized spacial score (nSPS) is 22.0. The Kier molecular flexibility index (Phi) is 4.37. The van der Waals surface area contributed by atoms with Crippen molar-refractivity contribution < 1.29 is 4.79 Å². The molecule has 1 aromatic carbocycles. The lowest BCUT2D eigenvalue weighted by atomic mass is 10.1. The van der Waals surface area contributed by atoms with E-state index >= 15 is 0 Å². The van der Waals surface area contributed by atoms with E-state index in [4.69, 9.17) is 11.5 Å². The summed E-state index contributed by atoms with van der Waals surface area (Å²) in [5.74, 6) is -0.242. The minimum atomic E-state index is -0.206. The molecule has 1 aliphatic heterocycles. The van der Waals surface area contributed by atoms with Crippen LogP contribution in [-0.2, 0) is 4.79 Å². The smallest absolute Gasteiger partial charge is 0.221 e. The molecule has 4 N–H and O–H groups in total. The van der Waals surface area contributed by atoms with Crippen LogP contribution in [0.3, 0.4) is 0 Å². The summed E-state index contributed by atoms with van der Waals surface area (Å²) in [6, 6.07) is 8.30. The van der Waals surface area contributed by atoms with E-state index in [-0.39, 0.29) is 17.9 Å². The van der Waals surface area contributed by atoms with Gasteiger partial charge in [-0.3, -0.25) is 9.69 Å². The van der Waals surface area contributed by atoms with Gasteiger partial charge in [0.2, 0.25) is 5.91 Å². The van der Waals surface area contributed by atoms with Crippen molar-refractivity contribution in [2.75, 3.05) is 19.6 Å². The van der Waals surface area contributed by atoms with E-state index in [1.165, 1.54) is 5.56 Å². The Bertz CT molecular complexity index is 438. The molecule has 0 radical (unpaired) electrons. The Labute approximate surface area is 115 Å². The Morgan fingerprint density at radius 1 is 1.56 bits per heavy atom. The van der Waals surface area contributed by atoms with E-state index < -0.39 is 0 Å². The fourth-order valence-electron chi connectivity index (χ4n) is 2.51. The maximum absolute atomic E-state index is 11.2. The van der Waals surface area contributed by atoms with Crippen LogP contribution in [-0.4, -0.2) is 30.4 Å². The first-order chi connectivity index (χ1) is 8.61. The van der Waals surface area contributed by atoms with Gasteiger partial charge in [-0.2, -0.15) is 0 Å². The molecule has 2 atom stereocenters. The highest BCUT2D eigenvalue weighted by Crippen LogP contribution is 2.28. The Morgan fingerprint density at radius 2 is 2.33 bits per heavy atom. The quantitative estimate of drug-likeness (QED) is 0.879. The molecular weight excluding hydrogens is 294 g/mol. The first-order valence-electron chi connectivity index (χ1n) is 6.10. The van der Waals surface area contributed by atoms with Crippen molar-refractivity contribution >= 4 is 21.8 Å². The number of benzene rings is 1. The van der Waals surface area contributed by atoms with Gasteiger partial charge in [-0.05, 0) is 30.7 Å². The maximum Gasteiger partial charge on any atom is 0.221 e. The van der Waals surface area contributed by atoms with E-state index in [9.17, 15) is 4.79 Å². The molecule has 1 heterocycles. The van der Waals surface area contributed by atoms with E-state index in [0.717, 1.165) is 17.4 Å². The third kappa shape index (κ3) is 2.91. The summed E-state index contributed by atoms with van der Waals surface area (Å²) in [5, 5.41) is 0. The molecule has 0 spiro atoms. The lowest BCUT2D eigenvalue weighted by Gasteiger charge is -2.27. The Balaban J connectivity index is 2.13. The fraction of sp³-hybridized carbons (Fsp3) is 0.462. The first-order valence-corrected chi connectivity index (χ1v) is 6.90. The number of hydrogen-bond acceptors (Lipinski definition) is 3. The highest BCUT2D eigenvalue weighted by atomic mass is 79.9. The predicted molar refractivity (Wildman–Crippen MR) is 74.8 cm³/mol. The zero-order chi connectivity index (χ0) is 13.1. The van der Waals surface area contributed by atoms with Crippen LogP contribution < -0.4 is 11.5 Å². The van der Waals surface area contributed by atoms with Gasteiger partial charge in [0.25, 0.3) is 0 Å². The van der Waals surface area contributed by atoms with Crippen molar-refractivity contribution in [3.05, 3.63) is 34.3 Å². The van der Waals surface area contributed by atoms with Crippen molar-refractivity contribution in [3.8, 4) is 0 Å². The molecule has 1 aromatic rings. The lowest BCUT2D eigenvalue weighted by Crippen LogP contribution is -2.34. The van der Waals surface area contributed by atoms with Crippen LogP contribution in [0.1, 0.15) is 18.0 Å². The van der Waals surface area contributed by atoms with Crippen molar-refractivity contribution in [2.45, 2.75) is 12.5 Å². The van der Waals surface area contributed by atoms with Gasteiger partial charge in [0.05, 0.1) is 5.92 Å². The van der Waals surface area contributed by atoms with Crippen molar-refractivity contribution in [3.63, 3.8) is 0 Å². The van der Waals surface area contributed by atoms with Crippen molar-refractivity contribution in [2.24, 2.45) is 17.4 Å². The van der Waals surface area contributed by atoms with Gasteiger partial charge in [0.1, 0.15) is 0 Å². The van der Waals surface area contributed by atoms with Gasteiger partial charge >= 0.3 is 0 Å². The molecule has 0 saturated carbocycles. The summed E-state index contributed by atoms with van der Waals surface area (Å²) in [6.45, 7) is 2.13. The van der Waals surface area contributed by atoms with Crippen LogP contribution >= 0.6 is 15.9 Å². The standard InChI is InChI=1S/C13H18BrN3O/c14-11-3-1-2-9(6-11)12(7-15)17-5-4-10(8-17)13(16)18/h1-3,6,10,12H,4-5,7-8,15H2,(H2,16,18). The second-order valence-corrected chi connectivity index (χ2v) is 5.61. The third-order valence-corrected chi connectivity index (χ3v) is 4.01. The first kappa shape index (κ1) is 13.5. The Hall–Kier alpha value is -0.910. The number of carbonyl (C=O) groups excluding carboxylic acids is 1. The van der Waals surface area contributed by atoms with Crippen LogP contribution in [0.4, 0.5) is 0 Å². The lowest BCUT2D eigenvalue weighted by molar-refractivity contribution is -0.121. The highest BCUT2D eigenvalue weighted by molar-refractivity contribution is 9.10. The number of rotatable bonds is 4. The molecule has 1 saturated heterocycles. The number of halogens is 1. The van der Waals surface area contributed by atoms with Crippen LogP contribution in [0.5, 0.6) is 0 Å². The average molecular weight is 312 g/mol. The van der Waals surface area contributed by atoms with Gasteiger partial charge in [-0.25, -0.2) is 0 Å². The average Bonchev–Trinajstić information content (AvgIpc) is 2.80. The van der Waals surface area contributed by atoms with E-state index in [1.54, 1.807) is 0 Å². The van der Waals surface area contributed by atoms with Crippen molar-refractivity contribution in [1.29, 1.82) is 0 Å². The number of nitrogens with zero attached hydrogens (tertiary/aromatic N) is 1. The molecule has 5 heteroatoms. The molecule has 0 aromatic heterocycles. The highest BCUT2D eigenvalue weighted by Gasteiger charge is 2.31. The molecule has 18 heavy (non-hydrogen) atoms. The van der Waals surface area contributed by atoms with Crippen LogP contribution in [0.2, 0.25) is 0 Å². The van der Waals surface area contributed by atoms with Gasteiger partial charge < -0.3 is 11.5 Å². The number of primary amides is 1. The molecule has 1 fully saturated rings. The molecule has 2 unspecified atom stereocenters. The van der Waals surface area contributed by atoms with Gasteiger partial charge in [-0.1, -0.05) is 28.1 Å². The largest absolute Gasteiger partial charge is 0.369 e. The fourth-order valence-corrected chi connectivity index (χ4v) is 2.93. The predicted octanol–water partition coefficient (Wildman–Crippen LogP) is 1.26. The summed E-state index contributed by atoms with van der Waals surface area (Å²) in [6.07, 6.45) is 0.833. The van der Waals surface area contributed by atoms with E-state index in [2.05, 4.69) is 33.0 Å². The molecule has 98 valence electrons.